The molecule has 0 aliphatic carbocycles. The first kappa shape index (κ1) is 23.4. The number of hydrogen-bond acceptors (Lipinski definition) is 4. The van der Waals surface area contributed by atoms with E-state index >= 15 is 0 Å². The Hall–Kier alpha value is -2.76. The summed E-state index contributed by atoms with van der Waals surface area (Å²) in [6, 6.07) is 19.6. The van der Waals surface area contributed by atoms with Crippen molar-refractivity contribution in [1.82, 2.24) is 9.80 Å². The Balaban J connectivity index is 1.48. The van der Waals surface area contributed by atoms with Crippen molar-refractivity contribution in [3.8, 4) is 5.75 Å². The van der Waals surface area contributed by atoms with Crippen molar-refractivity contribution in [1.29, 1.82) is 0 Å². The van der Waals surface area contributed by atoms with Crippen LogP contribution in [0.2, 0.25) is 5.02 Å². The molecule has 0 saturated carbocycles. The van der Waals surface area contributed by atoms with Gasteiger partial charge >= 0.3 is 0 Å². The van der Waals surface area contributed by atoms with Crippen molar-refractivity contribution in [2.24, 2.45) is 5.92 Å². The number of likely N-dealkylation sites (N-methyl/N-ethyl adjacent to an activating group) is 1. The summed E-state index contributed by atoms with van der Waals surface area (Å²) in [5.41, 5.74) is 2.27. The van der Waals surface area contributed by atoms with Crippen LogP contribution in [0.4, 0.5) is 0 Å². The van der Waals surface area contributed by atoms with E-state index in [0.717, 1.165) is 55.2 Å². The van der Waals surface area contributed by atoms with Crippen molar-refractivity contribution >= 4 is 17.5 Å². The normalized spacial score (nSPS) is 15.8. The molecule has 1 aliphatic rings. The van der Waals surface area contributed by atoms with Crippen LogP contribution in [0.25, 0.3) is 0 Å². The van der Waals surface area contributed by atoms with Gasteiger partial charge in [0.2, 0.25) is 0 Å². The van der Waals surface area contributed by atoms with Gasteiger partial charge in [0.25, 0.3) is 5.91 Å². The molecule has 1 amide bonds. The number of piperidine rings is 1. The molecule has 2 aromatic carbocycles. The number of nitrogens with zero attached hydrogens (tertiary/aromatic N) is 2. The average Bonchev–Trinajstić information content (AvgIpc) is 3.39. The van der Waals surface area contributed by atoms with Gasteiger partial charge in [-0.3, -0.25) is 9.69 Å². The van der Waals surface area contributed by atoms with Crippen molar-refractivity contribution in [3.63, 3.8) is 0 Å². The number of likely N-dealkylation sites (tertiary alicyclic amines) is 1. The predicted octanol–water partition coefficient (Wildman–Crippen LogP) is 5.54. The number of methoxy groups -OCH3 is 1. The fourth-order valence-corrected chi connectivity index (χ4v) is 5.02. The van der Waals surface area contributed by atoms with Gasteiger partial charge < -0.3 is 14.1 Å². The zero-order valence-electron chi connectivity index (χ0n) is 19.2. The highest BCUT2D eigenvalue weighted by Crippen LogP contribution is 2.30. The summed E-state index contributed by atoms with van der Waals surface area (Å²) in [5.74, 6) is 1.59. The molecule has 0 N–H and O–H groups in total. The minimum Gasteiger partial charge on any atom is -0.496 e. The van der Waals surface area contributed by atoms with E-state index in [-0.39, 0.29) is 11.9 Å². The molecular formula is C27H31ClN2O3. The van der Waals surface area contributed by atoms with Crippen LogP contribution >= 0.6 is 11.6 Å². The molecule has 1 aromatic heterocycles. The van der Waals surface area contributed by atoms with Crippen LogP contribution < -0.4 is 4.74 Å². The van der Waals surface area contributed by atoms with E-state index < -0.39 is 0 Å². The molecular weight excluding hydrogens is 436 g/mol. The Kier molecular flexibility index (Phi) is 7.73. The van der Waals surface area contributed by atoms with Gasteiger partial charge in [0.05, 0.1) is 13.4 Å². The summed E-state index contributed by atoms with van der Waals surface area (Å²) in [4.78, 5) is 17.4. The van der Waals surface area contributed by atoms with Crippen LogP contribution in [0.1, 0.15) is 34.5 Å². The molecule has 33 heavy (non-hydrogen) atoms. The number of hydrogen-bond donors (Lipinski definition) is 0. The monoisotopic (exact) mass is 466 g/mol. The molecule has 1 aliphatic heterocycles. The lowest BCUT2D eigenvalue weighted by atomic mass is 9.84. The first-order valence-electron chi connectivity index (χ1n) is 11.4. The third-order valence-corrected chi connectivity index (χ3v) is 7.07. The van der Waals surface area contributed by atoms with Crippen LogP contribution in [0.3, 0.4) is 0 Å². The SMILES string of the molecule is COc1ccccc1CN1CCC([C@H](Cc2ccccc2Cl)N(C)C(=O)c2ccco2)CC1. The molecule has 1 atom stereocenters. The number of para-hydroxylation sites is 1. The second kappa shape index (κ2) is 10.9. The number of carbonyl (C=O) groups is 1. The minimum absolute atomic E-state index is 0.0379. The van der Waals surface area contributed by atoms with Gasteiger partial charge in [-0.25, -0.2) is 0 Å². The van der Waals surface area contributed by atoms with E-state index in [0.29, 0.717) is 11.7 Å². The van der Waals surface area contributed by atoms with Gasteiger partial charge in [-0.05, 0) is 68.1 Å². The van der Waals surface area contributed by atoms with Crippen LogP contribution in [-0.2, 0) is 13.0 Å². The first-order chi connectivity index (χ1) is 16.1. The fourth-order valence-electron chi connectivity index (χ4n) is 4.80. The van der Waals surface area contributed by atoms with E-state index in [1.807, 2.05) is 42.3 Å². The van der Waals surface area contributed by atoms with E-state index in [1.165, 1.54) is 5.56 Å². The van der Waals surface area contributed by atoms with Crippen molar-refractivity contribution in [3.05, 3.63) is 88.8 Å². The molecule has 2 heterocycles. The van der Waals surface area contributed by atoms with E-state index in [4.69, 9.17) is 20.8 Å². The standard InChI is InChI=1S/C27H31ClN2O3/c1-29(27(31)26-12-7-17-33-26)24(18-21-8-3-5-10-23(21)28)20-13-15-30(16-14-20)19-22-9-4-6-11-25(22)32-2/h3-12,17,20,24H,13-16,18-19H2,1-2H3/t24-/m0/s1. The number of benzene rings is 2. The highest BCUT2D eigenvalue weighted by molar-refractivity contribution is 6.31. The summed E-state index contributed by atoms with van der Waals surface area (Å²) in [5, 5.41) is 0.745. The third kappa shape index (κ3) is 5.60. The minimum atomic E-state index is -0.0893. The highest BCUT2D eigenvalue weighted by atomic mass is 35.5. The molecule has 1 saturated heterocycles. The Morgan fingerprint density at radius 3 is 2.45 bits per heavy atom. The average molecular weight is 467 g/mol. The summed E-state index contributed by atoms with van der Waals surface area (Å²) < 4.78 is 10.9. The predicted molar refractivity (Wildman–Crippen MR) is 131 cm³/mol. The number of furan rings is 1. The molecule has 6 heteroatoms. The zero-order valence-corrected chi connectivity index (χ0v) is 20.0. The van der Waals surface area contributed by atoms with E-state index in [2.05, 4.69) is 23.1 Å². The number of halogens is 1. The number of carbonyl (C=O) groups excluding carboxylic acids is 1. The molecule has 1 fully saturated rings. The van der Waals surface area contributed by atoms with Gasteiger partial charge in [0, 0.05) is 30.2 Å². The Labute approximate surface area is 200 Å². The van der Waals surface area contributed by atoms with Gasteiger partial charge in [-0.1, -0.05) is 48.0 Å². The molecule has 0 spiro atoms. The second-order valence-electron chi connectivity index (χ2n) is 8.68. The van der Waals surface area contributed by atoms with Crippen LogP contribution in [0.15, 0.2) is 71.3 Å². The third-order valence-electron chi connectivity index (χ3n) is 6.70. The van der Waals surface area contributed by atoms with Gasteiger partial charge in [-0.15, -0.1) is 0 Å². The van der Waals surface area contributed by atoms with Crippen LogP contribution in [-0.4, -0.2) is 49.0 Å². The van der Waals surface area contributed by atoms with E-state index in [9.17, 15) is 4.79 Å². The van der Waals surface area contributed by atoms with Crippen LogP contribution in [0, 0.1) is 5.92 Å². The molecule has 3 aromatic rings. The molecule has 0 bridgehead atoms. The fraction of sp³-hybridized carbons (Fsp3) is 0.370. The zero-order chi connectivity index (χ0) is 23.2. The lowest BCUT2D eigenvalue weighted by Gasteiger charge is -2.40. The lowest BCUT2D eigenvalue weighted by molar-refractivity contribution is 0.0555. The maximum absolute atomic E-state index is 13.1. The van der Waals surface area contributed by atoms with E-state index in [1.54, 1.807) is 25.5 Å². The lowest BCUT2D eigenvalue weighted by Crippen LogP contribution is -2.47. The quantitative estimate of drug-likeness (QED) is 0.437. The number of rotatable bonds is 8. The summed E-state index contributed by atoms with van der Waals surface area (Å²) in [7, 11) is 3.60. The Bertz CT molecular complexity index is 1050. The van der Waals surface area contributed by atoms with Crippen molar-refractivity contribution in [2.75, 3.05) is 27.2 Å². The molecule has 5 nitrogen and oxygen atoms in total. The Morgan fingerprint density at radius 2 is 1.79 bits per heavy atom. The number of amides is 1. The topological polar surface area (TPSA) is 45.9 Å². The van der Waals surface area contributed by atoms with Crippen molar-refractivity contribution < 1.29 is 13.9 Å². The van der Waals surface area contributed by atoms with Crippen molar-refractivity contribution in [2.45, 2.75) is 31.8 Å². The van der Waals surface area contributed by atoms with Crippen LogP contribution in [0.5, 0.6) is 5.75 Å². The highest BCUT2D eigenvalue weighted by Gasteiger charge is 2.33. The number of ether oxygens (including phenoxy) is 1. The maximum Gasteiger partial charge on any atom is 0.289 e. The van der Waals surface area contributed by atoms with Gasteiger partial charge in [0.15, 0.2) is 5.76 Å². The summed E-state index contributed by atoms with van der Waals surface area (Å²) >= 11 is 6.49. The molecule has 0 unspecified atom stereocenters. The molecule has 0 radical (unpaired) electrons. The van der Waals surface area contributed by atoms with Gasteiger partial charge in [-0.2, -0.15) is 0 Å². The first-order valence-corrected chi connectivity index (χ1v) is 11.8. The second-order valence-corrected chi connectivity index (χ2v) is 9.09. The maximum atomic E-state index is 13.1. The summed E-state index contributed by atoms with van der Waals surface area (Å²) in [6.45, 7) is 2.82. The molecule has 4 rings (SSSR count). The van der Waals surface area contributed by atoms with Gasteiger partial charge in [0.1, 0.15) is 5.75 Å². The molecule has 174 valence electrons. The Morgan fingerprint density at radius 1 is 1.09 bits per heavy atom. The summed E-state index contributed by atoms with van der Waals surface area (Å²) in [6.07, 6.45) is 4.29. The smallest absolute Gasteiger partial charge is 0.289 e. The largest absolute Gasteiger partial charge is 0.496 e.